The summed E-state index contributed by atoms with van der Waals surface area (Å²) in [6.45, 7) is 0.204. The molecule has 1 atom stereocenters. The van der Waals surface area contributed by atoms with E-state index < -0.39 is 33.7 Å². The Labute approximate surface area is 180 Å². The second kappa shape index (κ2) is 9.88. The van der Waals surface area contributed by atoms with Crippen LogP contribution in [0.15, 0.2) is 53.4 Å². The van der Waals surface area contributed by atoms with Crippen molar-refractivity contribution in [3.8, 4) is 5.75 Å². The first-order chi connectivity index (χ1) is 14.8. The Morgan fingerprint density at radius 2 is 1.77 bits per heavy atom. The van der Waals surface area contributed by atoms with Crippen LogP contribution in [0, 0.1) is 5.82 Å². The number of methoxy groups -OCH3 is 1. The van der Waals surface area contributed by atoms with Gasteiger partial charge >= 0.3 is 11.8 Å². The molecule has 8 nitrogen and oxygen atoms in total. The molecule has 1 aliphatic heterocycles. The number of halogens is 1. The van der Waals surface area contributed by atoms with Crippen LogP contribution in [-0.2, 0) is 26.2 Å². The number of nitrogens with one attached hydrogen (secondary N) is 2. The minimum absolute atomic E-state index is 0.00133. The second-order valence-corrected chi connectivity index (χ2v) is 8.96. The lowest BCUT2D eigenvalue weighted by Crippen LogP contribution is -2.46. The lowest BCUT2D eigenvalue weighted by Gasteiger charge is -2.24. The lowest BCUT2D eigenvalue weighted by atomic mass is 10.2. The first-order valence-electron chi connectivity index (χ1n) is 9.78. The average molecular weight is 450 g/mol. The van der Waals surface area contributed by atoms with Gasteiger partial charge in [-0.2, -0.15) is 4.31 Å². The third-order valence-corrected chi connectivity index (χ3v) is 7.06. The fraction of sp³-hybridized carbons (Fsp3) is 0.333. The second-order valence-electron chi connectivity index (χ2n) is 7.07. The number of hydrogen-bond donors (Lipinski definition) is 2. The molecule has 0 aliphatic carbocycles. The van der Waals surface area contributed by atoms with E-state index in [9.17, 15) is 22.4 Å². The van der Waals surface area contributed by atoms with Crippen molar-refractivity contribution in [2.75, 3.05) is 20.2 Å². The predicted octanol–water partition coefficient (Wildman–Crippen LogP) is 1.42. The number of rotatable bonds is 7. The van der Waals surface area contributed by atoms with E-state index in [2.05, 4.69) is 10.6 Å². The van der Waals surface area contributed by atoms with Gasteiger partial charge in [0, 0.05) is 31.2 Å². The summed E-state index contributed by atoms with van der Waals surface area (Å²) in [7, 11) is -2.25. The third-order valence-electron chi connectivity index (χ3n) is 5.09. The van der Waals surface area contributed by atoms with Crippen LogP contribution in [0.1, 0.15) is 18.4 Å². The first kappa shape index (κ1) is 22.7. The standard InChI is InChI=1S/C21H24FN3O5S/c1-30-17-8-10-18(11-9-17)31(28,29)25-12-4-6-16(25)14-24-21(27)20(26)23-13-15-5-2-3-7-19(15)22/h2-3,5,7-11,16H,4,6,12-14H2,1H3,(H,23,26)(H,24,27)/t16-/m0/s1. The molecule has 2 amide bonds. The zero-order chi connectivity index (χ0) is 22.4. The van der Waals surface area contributed by atoms with E-state index in [4.69, 9.17) is 4.74 Å². The molecule has 2 aromatic rings. The number of carbonyl (C=O) groups excluding carboxylic acids is 2. The van der Waals surface area contributed by atoms with E-state index in [0.717, 1.165) is 0 Å². The van der Waals surface area contributed by atoms with Crippen molar-refractivity contribution in [1.82, 2.24) is 14.9 Å². The van der Waals surface area contributed by atoms with E-state index in [-0.39, 0.29) is 23.5 Å². The summed E-state index contributed by atoms with van der Waals surface area (Å²) in [5, 5.41) is 4.83. The van der Waals surface area contributed by atoms with Crippen LogP contribution < -0.4 is 15.4 Å². The largest absolute Gasteiger partial charge is 0.497 e. The fourth-order valence-corrected chi connectivity index (χ4v) is 5.09. The zero-order valence-corrected chi connectivity index (χ0v) is 17.8. The Bertz CT molecular complexity index is 1040. The number of nitrogens with zero attached hydrogens (tertiary/aromatic N) is 1. The van der Waals surface area contributed by atoms with E-state index in [1.165, 1.54) is 41.7 Å². The maximum atomic E-state index is 13.6. The number of amides is 2. The fourth-order valence-electron chi connectivity index (χ4n) is 3.40. The molecule has 1 saturated heterocycles. The summed E-state index contributed by atoms with van der Waals surface area (Å²) in [5.74, 6) is -1.74. The highest BCUT2D eigenvalue weighted by atomic mass is 32.2. The van der Waals surface area contributed by atoms with Crippen LogP contribution in [0.4, 0.5) is 4.39 Å². The topological polar surface area (TPSA) is 105 Å². The molecule has 0 aromatic heterocycles. The van der Waals surface area contributed by atoms with Gasteiger partial charge in [-0.25, -0.2) is 12.8 Å². The smallest absolute Gasteiger partial charge is 0.309 e. The Kier molecular flexibility index (Phi) is 7.24. The molecule has 31 heavy (non-hydrogen) atoms. The van der Waals surface area contributed by atoms with Gasteiger partial charge in [-0.15, -0.1) is 0 Å². The summed E-state index contributed by atoms with van der Waals surface area (Å²) >= 11 is 0. The molecule has 0 unspecified atom stereocenters. The SMILES string of the molecule is COc1ccc(S(=O)(=O)N2CCC[C@H]2CNC(=O)C(=O)NCc2ccccc2F)cc1. The Morgan fingerprint density at radius 3 is 2.45 bits per heavy atom. The van der Waals surface area contributed by atoms with Crippen molar-refractivity contribution in [3.63, 3.8) is 0 Å². The quantitative estimate of drug-likeness (QED) is 0.622. The molecule has 0 saturated carbocycles. The van der Waals surface area contributed by atoms with Gasteiger partial charge in [0.05, 0.1) is 12.0 Å². The molecule has 0 spiro atoms. The first-order valence-corrected chi connectivity index (χ1v) is 11.2. The van der Waals surface area contributed by atoms with Gasteiger partial charge < -0.3 is 15.4 Å². The minimum atomic E-state index is -3.75. The summed E-state index contributed by atoms with van der Waals surface area (Å²) in [5.41, 5.74) is 0.260. The van der Waals surface area contributed by atoms with Gasteiger partial charge in [0.25, 0.3) is 0 Å². The van der Waals surface area contributed by atoms with Crippen molar-refractivity contribution in [2.45, 2.75) is 30.3 Å². The van der Waals surface area contributed by atoms with Crippen LogP contribution >= 0.6 is 0 Å². The van der Waals surface area contributed by atoms with Crippen molar-refractivity contribution in [3.05, 3.63) is 59.9 Å². The van der Waals surface area contributed by atoms with E-state index in [0.29, 0.717) is 25.1 Å². The molecule has 0 bridgehead atoms. The third kappa shape index (κ3) is 5.39. The molecular formula is C21H24FN3O5S. The summed E-state index contributed by atoms with van der Waals surface area (Å²) in [4.78, 5) is 24.2. The summed E-state index contributed by atoms with van der Waals surface area (Å²) < 4.78 is 45.9. The molecule has 166 valence electrons. The molecule has 2 N–H and O–H groups in total. The lowest BCUT2D eigenvalue weighted by molar-refractivity contribution is -0.139. The highest BCUT2D eigenvalue weighted by Crippen LogP contribution is 2.26. The summed E-state index contributed by atoms with van der Waals surface area (Å²) in [6.07, 6.45) is 1.21. The van der Waals surface area contributed by atoms with Crippen molar-refractivity contribution in [1.29, 1.82) is 0 Å². The van der Waals surface area contributed by atoms with Gasteiger partial charge in [0.15, 0.2) is 0 Å². The van der Waals surface area contributed by atoms with Gasteiger partial charge in [-0.05, 0) is 43.2 Å². The maximum Gasteiger partial charge on any atom is 0.309 e. The number of sulfonamides is 1. The van der Waals surface area contributed by atoms with Crippen molar-refractivity contribution < 1.29 is 27.1 Å². The maximum absolute atomic E-state index is 13.6. The molecule has 1 aliphatic rings. The molecule has 0 radical (unpaired) electrons. The molecule has 1 fully saturated rings. The zero-order valence-electron chi connectivity index (χ0n) is 17.0. The van der Waals surface area contributed by atoms with Crippen molar-refractivity contribution in [2.24, 2.45) is 0 Å². The number of benzene rings is 2. The van der Waals surface area contributed by atoms with Crippen LogP contribution in [0.3, 0.4) is 0 Å². The Morgan fingerprint density at radius 1 is 1.10 bits per heavy atom. The van der Waals surface area contributed by atoms with Crippen LogP contribution in [-0.4, -0.2) is 50.8 Å². The van der Waals surface area contributed by atoms with Crippen LogP contribution in [0.25, 0.3) is 0 Å². The van der Waals surface area contributed by atoms with E-state index in [1.54, 1.807) is 18.2 Å². The number of carbonyl (C=O) groups is 2. The normalized spacial score (nSPS) is 16.6. The highest BCUT2D eigenvalue weighted by molar-refractivity contribution is 7.89. The molecular weight excluding hydrogens is 425 g/mol. The highest BCUT2D eigenvalue weighted by Gasteiger charge is 2.35. The minimum Gasteiger partial charge on any atom is -0.497 e. The monoisotopic (exact) mass is 449 g/mol. The van der Waals surface area contributed by atoms with E-state index in [1.807, 2.05) is 0 Å². The molecule has 3 rings (SSSR count). The number of hydrogen-bond acceptors (Lipinski definition) is 5. The van der Waals surface area contributed by atoms with Crippen LogP contribution in [0.5, 0.6) is 5.75 Å². The van der Waals surface area contributed by atoms with Crippen molar-refractivity contribution >= 4 is 21.8 Å². The molecule has 1 heterocycles. The van der Waals surface area contributed by atoms with E-state index >= 15 is 0 Å². The number of ether oxygens (including phenoxy) is 1. The Hall–Kier alpha value is -2.98. The average Bonchev–Trinajstić information content (AvgIpc) is 3.26. The predicted molar refractivity (Wildman–Crippen MR) is 111 cm³/mol. The van der Waals surface area contributed by atoms with Crippen LogP contribution in [0.2, 0.25) is 0 Å². The molecule has 2 aromatic carbocycles. The van der Waals surface area contributed by atoms with Gasteiger partial charge in [0.2, 0.25) is 10.0 Å². The van der Waals surface area contributed by atoms with Gasteiger partial charge in [-0.1, -0.05) is 18.2 Å². The Balaban J connectivity index is 1.56. The van der Waals surface area contributed by atoms with Gasteiger partial charge in [0.1, 0.15) is 11.6 Å². The van der Waals surface area contributed by atoms with Gasteiger partial charge in [-0.3, -0.25) is 9.59 Å². The summed E-state index contributed by atoms with van der Waals surface area (Å²) in [6, 6.07) is 11.5. The molecule has 10 heteroatoms.